The first-order valence-corrected chi connectivity index (χ1v) is 9.96. The molecule has 0 spiro atoms. The molecule has 1 fully saturated rings. The van der Waals surface area contributed by atoms with Crippen molar-refractivity contribution in [2.24, 2.45) is 0 Å². The Hall–Kier alpha value is -3.20. The second-order valence-corrected chi connectivity index (χ2v) is 7.49. The number of aromatic nitrogens is 3. The van der Waals surface area contributed by atoms with Crippen LogP contribution in [0.4, 0.5) is 15.9 Å². The Bertz CT molecular complexity index is 1130. The lowest BCUT2D eigenvalue weighted by atomic mass is 10.1. The molecule has 156 valence electrons. The second kappa shape index (κ2) is 7.24. The van der Waals surface area contributed by atoms with E-state index < -0.39 is 11.9 Å². The van der Waals surface area contributed by atoms with Gasteiger partial charge in [0, 0.05) is 13.1 Å². The molecule has 30 heavy (non-hydrogen) atoms. The van der Waals surface area contributed by atoms with Crippen LogP contribution in [0.5, 0.6) is 5.75 Å². The maximum absolute atomic E-state index is 14.3. The average molecular weight is 411 g/mol. The SMILES string of the molecule is Cc1nc2cnc(N3CCOCC3)cn2c1CN1C(=O)[C@@H](C)Oc2c(F)cccc21. The number of benzene rings is 1. The van der Waals surface area contributed by atoms with E-state index in [-0.39, 0.29) is 18.2 Å². The van der Waals surface area contributed by atoms with Crippen molar-refractivity contribution in [3.05, 3.63) is 47.8 Å². The molecule has 8 nitrogen and oxygen atoms in total. The molecule has 1 amide bonds. The lowest BCUT2D eigenvalue weighted by molar-refractivity contribution is -0.125. The topological polar surface area (TPSA) is 72.2 Å². The molecule has 4 heterocycles. The highest BCUT2D eigenvalue weighted by Crippen LogP contribution is 2.37. The minimum Gasteiger partial charge on any atom is -0.476 e. The van der Waals surface area contributed by atoms with Gasteiger partial charge in [-0.15, -0.1) is 0 Å². The molecule has 0 aliphatic carbocycles. The molecule has 2 aliphatic heterocycles. The fourth-order valence-electron chi connectivity index (χ4n) is 3.96. The van der Waals surface area contributed by atoms with Crippen molar-refractivity contribution < 1.29 is 18.7 Å². The number of halogens is 1. The minimum atomic E-state index is -0.764. The number of carbonyl (C=O) groups excluding carboxylic acids is 1. The summed E-state index contributed by atoms with van der Waals surface area (Å²) in [4.78, 5) is 25.8. The van der Waals surface area contributed by atoms with Gasteiger partial charge >= 0.3 is 0 Å². The zero-order chi connectivity index (χ0) is 20.8. The number of aryl methyl sites for hydroxylation is 1. The minimum absolute atomic E-state index is 0.103. The summed E-state index contributed by atoms with van der Waals surface area (Å²) < 4.78 is 27.2. The van der Waals surface area contributed by atoms with Crippen molar-refractivity contribution in [3.8, 4) is 5.75 Å². The van der Waals surface area contributed by atoms with Crippen LogP contribution in [0.2, 0.25) is 0 Å². The third-order valence-corrected chi connectivity index (χ3v) is 5.58. The molecule has 5 rings (SSSR count). The number of fused-ring (bicyclic) bond motifs is 2. The summed E-state index contributed by atoms with van der Waals surface area (Å²) in [5.41, 5.74) is 2.77. The number of hydrogen-bond acceptors (Lipinski definition) is 6. The number of carbonyl (C=O) groups is 1. The highest BCUT2D eigenvalue weighted by atomic mass is 19.1. The molecule has 9 heteroatoms. The summed E-state index contributed by atoms with van der Waals surface area (Å²) in [6, 6.07) is 4.61. The second-order valence-electron chi connectivity index (χ2n) is 7.49. The van der Waals surface area contributed by atoms with Gasteiger partial charge in [0.2, 0.25) is 0 Å². The van der Waals surface area contributed by atoms with Gasteiger partial charge in [0.05, 0.1) is 49.2 Å². The van der Waals surface area contributed by atoms with Crippen LogP contribution in [-0.2, 0) is 16.1 Å². The number of hydrogen-bond donors (Lipinski definition) is 0. The van der Waals surface area contributed by atoms with Crippen LogP contribution in [-0.4, -0.2) is 52.7 Å². The Balaban J connectivity index is 1.56. The quantitative estimate of drug-likeness (QED) is 0.659. The first-order valence-electron chi connectivity index (χ1n) is 9.96. The van der Waals surface area contributed by atoms with E-state index in [1.54, 1.807) is 30.2 Å². The third kappa shape index (κ3) is 3.06. The zero-order valence-electron chi connectivity index (χ0n) is 16.8. The van der Waals surface area contributed by atoms with Gasteiger partial charge in [0.1, 0.15) is 5.82 Å². The van der Waals surface area contributed by atoms with E-state index in [0.29, 0.717) is 24.5 Å². The molecule has 0 N–H and O–H groups in total. The number of imidazole rings is 1. The largest absolute Gasteiger partial charge is 0.476 e. The molecule has 1 atom stereocenters. The Kier molecular flexibility index (Phi) is 4.54. The maximum atomic E-state index is 14.3. The molecule has 2 aliphatic rings. The van der Waals surface area contributed by atoms with Gasteiger partial charge in [-0.3, -0.25) is 14.1 Å². The maximum Gasteiger partial charge on any atom is 0.268 e. The lowest BCUT2D eigenvalue weighted by Crippen LogP contribution is -2.44. The van der Waals surface area contributed by atoms with E-state index in [1.165, 1.54) is 6.07 Å². The van der Waals surface area contributed by atoms with Crippen molar-refractivity contribution in [2.45, 2.75) is 26.5 Å². The van der Waals surface area contributed by atoms with Crippen LogP contribution in [0.15, 0.2) is 30.6 Å². The van der Waals surface area contributed by atoms with Crippen molar-refractivity contribution in [2.75, 3.05) is 36.1 Å². The zero-order valence-corrected chi connectivity index (χ0v) is 16.8. The standard InChI is InChI=1S/C21H22FN5O3/c1-13-17(11-27-16-5-3-4-15(22)20(16)30-14(2)21(27)28)26-12-19(23-10-18(26)24-13)25-6-8-29-9-7-25/h3-5,10,12,14H,6-9,11H2,1-2H3/t14-/m1/s1. The van der Waals surface area contributed by atoms with Crippen molar-refractivity contribution in [3.63, 3.8) is 0 Å². The number of rotatable bonds is 3. The summed E-state index contributed by atoms with van der Waals surface area (Å²) in [5, 5.41) is 0. The summed E-state index contributed by atoms with van der Waals surface area (Å²) >= 11 is 0. The molecule has 0 radical (unpaired) electrons. The molecule has 0 unspecified atom stereocenters. The predicted octanol–water partition coefficient (Wildman–Crippen LogP) is 2.33. The van der Waals surface area contributed by atoms with E-state index in [2.05, 4.69) is 14.9 Å². The van der Waals surface area contributed by atoms with Crippen LogP contribution < -0.4 is 14.5 Å². The van der Waals surface area contributed by atoms with E-state index in [0.717, 1.165) is 30.3 Å². The van der Waals surface area contributed by atoms with Crippen molar-refractivity contribution in [1.82, 2.24) is 14.4 Å². The number of amides is 1. The molecule has 2 aromatic heterocycles. The number of nitrogens with zero attached hydrogens (tertiary/aromatic N) is 5. The highest BCUT2D eigenvalue weighted by Gasteiger charge is 2.34. The van der Waals surface area contributed by atoms with Crippen LogP contribution in [0.25, 0.3) is 5.65 Å². The Morgan fingerprint density at radius 3 is 2.87 bits per heavy atom. The molecular weight excluding hydrogens is 389 g/mol. The van der Waals surface area contributed by atoms with Crippen molar-refractivity contribution in [1.29, 1.82) is 0 Å². The predicted molar refractivity (Wildman–Crippen MR) is 108 cm³/mol. The van der Waals surface area contributed by atoms with E-state index in [1.807, 2.05) is 17.5 Å². The normalized spacial score (nSPS) is 19.2. The van der Waals surface area contributed by atoms with Crippen LogP contribution in [0.1, 0.15) is 18.3 Å². The highest BCUT2D eigenvalue weighted by molar-refractivity contribution is 5.99. The smallest absolute Gasteiger partial charge is 0.268 e. The average Bonchev–Trinajstić information content (AvgIpc) is 3.07. The summed E-state index contributed by atoms with van der Waals surface area (Å²) in [6.07, 6.45) is 2.91. The summed E-state index contributed by atoms with van der Waals surface area (Å²) in [6.45, 7) is 6.66. The first kappa shape index (κ1) is 18.8. The molecule has 1 saturated heterocycles. The van der Waals surface area contributed by atoms with Gasteiger partial charge in [-0.25, -0.2) is 14.4 Å². The summed E-state index contributed by atoms with van der Waals surface area (Å²) in [7, 11) is 0. The fourth-order valence-corrected chi connectivity index (χ4v) is 3.96. The van der Waals surface area contributed by atoms with Crippen molar-refractivity contribution >= 4 is 23.1 Å². The van der Waals surface area contributed by atoms with E-state index in [9.17, 15) is 9.18 Å². The molecular formula is C21H22FN5O3. The Morgan fingerprint density at radius 1 is 1.27 bits per heavy atom. The van der Waals surface area contributed by atoms with Crippen LogP contribution in [0, 0.1) is 12.7 Å². The number of anilines is 2. The molecule has 3 aromatic rings. The fraction of sp³-hybridized carbons (Fsp3) is 0.381. The number of ether oxygens (including phenoxy) is 2. The van der Waals surface area contributed by atoms with Gasteiger partial charge in [-0.05, 0) is 26.0 Å². The van der Waals surface area contributed by atoms with Gasteiger partial charge in [0.15, 0.2) is 23.3 Å². The van der Waals surface area contributed by atoms with E-state index in [4.69, 9.17) is 9.47 Å². The van der Waals surface area contributed by atoms with Crippen LogP contribution >= 0.6 is 0 Å². The van der Waals surface area contributed by atoms with Gasteiger partial charge in [-0.1, -0.05) is 6.07 Å². The van der Waals surface area contributed by atoms with Crippen LogP contribution in [0.3, 0.4) is 0 Å². The molecule has 0 saturated carbocycles. The molecule has 1 aromatic carbocycles. The van der Waals surface area contributed by atoms with E-state index >= 15 is 0 Å². The summed E-state index contributed by atoms with van der Waals surface area (Å²) in [5.74, 6) is 0.236. The van der Waals surface area contributed by atoms with Gasteiger partial charge in [-0.2, -0.15) is 0 Å². The lowest BCUT2D eigenvalue weighted by Gasteiger charge is -2.33. The van der Waals surface area contributed by atoms with Gasteiger partial charge in [0.25, 0.3) is 5.91 Å². The third-order valence-electron chi connectivity index (χ3n) is 5.58. The monoisotopic (exact) mass is 411 g/mol. The molecule has 0 bridgehead atoms. The van der Waals surface area contributed by atoms with Gasteiger partial charge < -0.3 is 14.4 Å². The number of para-hydroxylation sites is 1. The number of morpholine rings is 1. The Morgan fingerprint density at radius 2 is 2.07 bits per heavy atom. The Labute approximate surface area is 172 Å². The first-order chi connectivity index (χ1) is 14.5.